The Morgan fingerprint density at radius 1 is 1.82 bits per heavy atom. The van der Waals surface area contributed by atoms with Crippen molar-refractivity contribution < 1.29 is 18.6 Å². The number of carbonyl (C=O) groups excluding carboxylic acids is 1. The van der Waals surface area contributed by atoms with Crippen LogP contribution in [0.2, 0.25) is 0 Å². The molecule has 0 aromatic carbocycles. The third-order valence-electron chi connectivity index (χ3n) is 1.35. The van der Waals surface area contributed by atoms with Crippen LogP contribution in [0.25, 0.3) is 0 Å². The van der Waals surface area contributed by atoms with Crippen molar-refractivity contribution in [1.82, 2.24) is 0 Å². The lowest BCUT2D eigenvalue weighted by Gasteiger charge is -1.93. The molecule has 0 aromatic rings. The summed E-state index contributed by atoms with van der Waals surface area (Å²) in [5, 5.41) is 0. The number of hydrogen-bond donors (Lipinski definition) is 0. The number of ether oxygens (including phenoxy) is 1. The van der Waals surface area contributed by atoms with Crippen LogP contribution in [0.3, 0.4) is 0 Å². The van der Waals surface area contributed by atoms with Gasteiger partial charge in [-0.3, -0.25) is 4.79 Å². The van der Waals surface area contributed by atoms with Gasteiger partial charge < -0.3 is 4.74 Å². The maximum atomic E-state index is 11.0. The molecule has 1 heterocycles. The van der Waals surface area contributed by atoms with Crippen molar-refractivity contribution in [2.75, 3.05) is 6.61 Å². The summed E-state index contributed by atoms with van der Waals surface area (Å²) in [6.07, 6.45) is 0.882. The van der Waals surface area contributed by atoms with E-state index in [0.29, 0.717) is 19.4 Å². The van der Waals surface area contributed by atoms with Crippen molar-refractivity contribution in [2.45, 2.75) is 25.6 Å². The number of rotatable bonds is 3. The van der Waals surface area contributed by atoms with Crippen molar-refractivity contribution in [3.05, 3.63) is 0 Å². The molecule has 2 atom stereocenters. The highest BCUT2D eigenvalue weighted by molar-refractivity contribution is 7.39. The average Bonchev–Trinajstić information content (AvgIpc) is 2.36. The smallest absolute Gasteiger partial charge is 0.413 e. The Bertz CT molecular complexity index is 179. The van der Waals surface area contributed by atoms with Gasteiger partial charge in [-0.15, -0.1) is 4.52 Å². The fourth-order valence-electron chi connectivity index (χ4n) is 0.870. The van der Waals surface area contributed by atoms with Gasteiger partial charge in [-0.25, -0.2) is 0 Å². The largest absolute Gasteiger partial charge is 0.553 e. The first kappa shape index (κ1) is 8.62. The van der Waals surface area contributed by atoms with Crippen molar-refractivity contribution in [2.24, 2.45) is 0 Å². The zero-order chi connectivity index (χ0) is 8.27. The van der Waals surface area contributed by atoms with E-state index in [9.17, 15) is 9.36 Å². The maximum absolute atomic E-state index is 11.0. The molecule has 0 N–H and O–H groups in total. The quantitative estimate of drug-likeness (QED) is 0.483. The molecule has 2 unspecified atom stereocenters. The van der Waals surface area contributed by atoms with Gasteiger partial charge in [0, 0.05) is 6.42 Å². The van der Waals surface area contributed by atoms with Gasteiger partial charge in [-0.1, -0.05) is 0 Å². The van der Waals surface area contributed by atoms with E-state index >= 15 is 0 Å². The molecule has 1 aliphatic heterocycles. The molecule has 0 radical (unpaired) electrons. The fraction of sp³-hybridized carbons (Fsp3) is 0.833. The third-order valence-corrected chi connectivity index (χ3v) is 2.70. The highest BCUT2D eigenvalue weighted by Gasteiger charge is 2.40. The van der Waals surface area contributed by atoms with Gasteiger partial charge in [0.1, 0.15) is 0 Å². The van der Waals surface area contributed by atoms with E-state index in [4.69, 9.17) is 9.26 Å². The van der Waals surface area contributed by atoms with E-state index in [1.807, 2.05) is 0 Å². The lowest BCUT2D eigenvalue weighted by molar-refractivity contribution is -0.139. The summed E-state index contributed by atoms with van der Waals surface area (Å²) in [4.78, 5) is 10.6. The predicted molar refractivity (Wildman–Crippen MR) is 38.3 cm³/mol. The second kappa shape index (κ2) is 3.79. The molecule has 0 aliphatic carbocycles. The van der Waals surface area contributed by atoms with E-state index in [2.05, 4.69) is 0 Å². The molecule has 62 valence electrons. The normalized spacial score (nSPS) is 25.0. The van der Waals surface area contributed by atoms with Crippen LogP contribution in [0.4, 0.5) is 0 Å². The summed E-state index contributed by atoms with van der Waals surface area (Å²) in [6, 6.07) is 0. The standard InChI is InChI=1S/C6H10O4P/c1-2-9-11(8)6-4-3-5(7)10-6/h6H,2-4H2,1H3/q+1. The molecule has 0 aromatic heterocycles. The maximum Gasteiger partial charge on any atom is 0.553 e. The summed E-state index contributed by atoms with van der Waals surface area (Å²) in [6.45, 7) is 2.15. The summed E-state index contributed by atoms with van der Waals surface area (Å²) < 4.78 is 20.6. The molecule has 1 saturated heterocycles. The van der Waals surface area contributed by atoms with Crippen LogP contribution < -0.4 is 0 Å². The fourth-order valence-corrected chi connectivity index (χ4v) is 1.83. The molecular weight excluding hydrogens is 167 g/mol. The van der Waals surface area contributed by atoms with Crippen molar-refractivity contribution >= 4 is 14.0 Å². The minimum absolute atomic E-state index is 0.280. The first-order valence-electron chi connectivity index (χ1n) is 3.52. The van der Waals surface area contributed by atoms with E-state index in [1.54, 1.807) is 6.92 Å². The minimum Gasteiger partial charge on any atom is -0.413 e. The molecule has 0 saturated carbocycles. The Kier molecular flexibility index (Phi) is 2.97. The Morgan fingerprint density at radius 2 is 2.55 bits per heavy atom. The molecule has 0 amide bonds. The Balaban J connectivity index is 2.37. The van der Waals surface area contributed by atoms with E-state index in [-0.39, 0.29) is 5.97 Å². The molecule has 0 spiro atoms. The molecule has 11 heavy (non-hydrogen) atoms. The topological polar surface area (TPSA) is 52.6 Å². The highest BCUT2D eigenvalue weighted by Crippen LogP contribution is 2.36. The molecule has 4 nitrogen and oxygen atoms in total. The molecular formula is C6H10O4P+. The van der Waals surface area contributed by atoms with Gasteiger partial charge in [-0.2, -0.15) is 0 Å². The van der Waals surface area contributed by atoms with Crippen molar-refractivity contribution in [3.8, 4) is 0 Å². The zero-order valence-electron chi connectivity index (χ0n) is 6.28. The Hall–Kier alpha value is -0.470. The second-order valence-electron chi connectivity index (χ2n) is 2.19. The van der Waals surface area contributed by atoms with E-state index < -0.39 is 13.9 Å². The average molecular weight is 177 g/mol. The highest BCUT2D eigenvalue weighted by atomic mass is 31.1. The number of cyclic esters (lactones) is 1. The van der Waals surface area contributed by atoms with Gasteiger partial charge in [0.25, 0.3) is 0 Å². The SMILES string of the molecule is CCO[P+](=O)C1CCC(=O)O1. The van der Waals surface area contributed by atoms with Crippen LogP contribution in [0.15, 0.2) is 0 Å². The first-order chi connectivity index (χ1) is 5.24. The van der Waals surface area contributed by atoms with Crippen molar-refractivity contribution in [1.29, 1.82) is 0 Å². The van der Waals surface area contributed by atoms with Gasteiger partial charge in [-0.05, 0) is 11.5 Å². The predicted octanol–water partition coefficient (Wildman–Crippen LogP) is 1.43. The molecule has 0 bridgehead atoms. The van der Waals surface area contributed by atoms with Gasteiger partial charge in [0.15, 0.2) is 0 Å². The molecule has 5 heteroatoms. The van der Waals surface area contributed by atoms with Crippen LogP contribution in [0.5, 0.6) is 0 Å². The van der Waals surface area contributed by atoms with E-state index in [0.717, 1.165) is 0 Å². The molecule has 1 rings (SSSR count). The number of hydrogen-bond acceptors (Lipinski definition) is 4. The summed E-state index contributed by atoms with van der Waals surface area (Å²) in [7, 11) is -1.80. The zero-order valence-corrected chi connectivity index (χ0v) is 7.17. The Labute approximate surface area is 65.7 Å². The number of esters is 1. The third kappa shape index (κ3) is 2.24. The molecule has 1 aliphatic rings. The van der Waals surface area contributed by atoms with Gasteiger partial charge in [0.05, 0.1) is 13.0 Å². The van der Waals surface area contributed by atoms with Crippen LogP contribution in [-0.4, -0.2) is 18.4 Å². The second-order valence-corrected chi connectivity index (χ2v) is 3.59. The first-order valence-corrected chi connectivity index (χ1v) is 4.77. The minimum atomic E-state index is -1.80. The lowest BCUT2D eigenvalue weighted by Crippen LogP contribution is -2.02. The lowest BCUT2D eigenvalue weighted by atomic mass is 10.4. The van der Waals surface area contributed by atoms with Crippen LogP contribution in [-0.2, 0) is 18.6 Å². The van der Waals surface area contributed by atoms with Crippen LogP contribution in [0, 0.1) is 0 Å². The van der Waals surface area contributed by atoms with E-state index in [1.165, 1.54) is 0 Å². The molecule has 1 fully saturated rings. The summed E-state index contributed by atoms with van der Waals surface area (Å²) >= 11 is 0. The number of carbonyl (C=O) groups is 1. The Morgan fingerprint density at radius 3 is 3.00 bits per heavy atom. The van der Waals surface area contributed by atoms with Crippen LogP contribution >= 0.6 is 8.03 Å². The summed E-state index contributed by atoms with van der Waals surface area (Å²) in [5.74, 6) is -0.782. The van der Waals surface area contributed by atoms with Gasteiger partial charge in [0.2, 0.25) is 0 Å². The summed E-state index contributed by atoms with van der Waals surface area (Å²) in [5.41, 5.74) is 0. The monoisotopic (exact) mass is 177 g/mol. The van der Waals surface area contributed by atoms with Crippen LogP contribution in [0.1, 0.15) is 19.8 Å². The van der Waals surface area contributed by atoms with Crippen molar-refractivity contribution in [3.63, 3.8) is 0 Å². The van der Waals surface area contributed by atoms with Gasteiger partial charge >= 0.3 is 19.8 Å².